The van der Waals surface area contributed by atoms with E-state index in [0.717, 1.165) is 36.9 Å². The van der Waals surface area contributed by atoms with Crippen LogP contribution in [0.1, 0.15) is 37.7 Å². The van der Waals surface area contributed by atoms with Crippen molar-refractivity contribution >= 4 is 35.6 Å². The van der Waals surface area contributed by atoms with E-state index in [1.807, 2.05) is 19.1 Å². The molecule has 0 aromatic heterocycles. The molecule has 1 fully saturated rings. The lowest BCUT2D eigenvalue weighted by Gasteiger charge is -2.32. The van der Waals surface area contributed by atoms with E-state index in [9.17, 15) is 4.79 Å². The average molecular weight is 303 g/mol. The molecular formula is C14H20Cl2N2O. The molecule has 0 heterocycles. The zero-order valence-corrected chi connectivity index (χ0v) is 12.6. The van der Waals surface area contributed by atoms with Gasteiger partial charge in [0.05, 0.1) is 5.54 Å². The first kappa shape index (κ1) is 16.3. The summed E-state index contributed by atoms with van der Waals surface area (Å²) in [5.74, 6) is -0.0902. The summed E-state index contributed by atoms with van der Waals surface area (Å²) < 4.78 is 0. The second-order valence-electron chi connectivity index (χ2n) is 5.13. The number of hydrogen-bond acceptors (Lipinski definition) is 2. The number of rotatable bonds is 2. The Bertz CT molecular complexity index is 457. The summed E-state index contributed by atoms with van der Waals surface area (Å²) in [6.07, 6.45) is 4.75. The molecule has 5 heteroatoms. The zero-order valence-electron chi connectivity index (χ0n) is 11.0. The number of carbonyl (C=O) groups is 1. The first-order valence-electron chi connectivity index (χ1n) is 6.38. The number of nitrogens with two attached hydrogens (primary N) is 1. The van der Waals surface area contributed by atoms with Crippen molar-refractivity contribution in [2.24, 2.45) is 5.73 Å². The summed E-state index contributed by atoms with van der Waals surface area (Å²) in [7, 11) is 0. The fourth-order valence-electron chi connectivity index (χ4n) is 2.39. The standard InChI is InChI=1S/C14H19ClN2O.ClH/c1-10-5-6-11(15)9-12(10)17-13(18)14(16)7-3-2-4-8-14;/h5-6,9H,2-4,7-8,16H2,1H3,(H,17,18);1H. The molecule has 0 spiro atoms. The minimum atomic E-state index is -0.715. The van der Waals surface area contributed by atoms with Gasteiger partial charge in [-0.1, -0.05) is 36.9 Å². The SMILES string of the molecule is Cc1ccc(Cl)cc1NC(=O)C1(N)CCCCC1.Cl. The summed E-state index contributed by atoms with van der Waals surface area (Å²) in [6.45, 7) is 1.94. The van der Waals surface area contributed by atoms with Crippen LogP contribution in [-0.4, -0.2) is 11.4 Å². The molecule has 1 aromatic carbocycles. The highest BCUT2D eigenvalue weighted by molar-refractivity contribution is 6.31. The molecule has 3 N–H and O–H groups in total. The first-order chi connectivity index (χ1) is 8.51. The number of amides is 1. The minimum Gasteiger partial charge on any atom is -0.324 e. The van der Waals surface area contributed by atoms with Crippen LogP contribution in [-0.2, 0) is 4.79 Å². The molecule has 19 heavy (non-hydrogen) atoms. The lowest BCUT2D eigenvalue weighted by Crippen LogP contribution is -2.52. The van der Waals surface area contributed by atoms with Gasteiger partial charge < -0.3 is 11.1 Å². The molecule has 2 rings (SSSR count). The second kappa shape index (κ2) is 6.60. The van der Waals surface area contributed by atoms with Crippen molar-refractivity contribution in [1.29, 1.82) is 0 Å². The molecule has 106 valence electrons. The van der Waals surface area contributed by atoms with Gasteiger partial charge in [0.1, 0.15) is 0 Å². The van der Waals surface area contributed by atoms with Crippen LogP contribution < -0.4 is 11.1 Å². The van der Waals surface area contributed by atoms with Crippen molar-refractivity contribution in [2.45, 2.75) is 44.6 Å². The second-order valence-corrected chi connectivity index (χ2v) is 5.57. The molecule has 1 saturated carbocycles. The Morgan fingerprint density at radius 2 is 1.95 bits per heavy atom. The summed E-state index contributed by atoms with van der Waals surface area (Å²) >= 11 is 5.94. The molecule has 0 aliphatic heterocycles. The van der Waals surface area contributed by atoms with E-state index in [0.29, 0.717) is 5.02 Å². The van der Waals surface area contributed by atoms with Gasteiger partial charge in [0.2, 0.25) is 5.91 Å². The molecular weight excluding hydrogens is 283 g/mol. The highest BCUT2D eigenvalue weighted by Crippen LogP contribution is 2.28. The largest absolute Gasteiger partial charge is 0.324 e. The van der Waals surface area contributed by atoms with Crippen molar-refractivity contribution in [2.75, 3.05) is 5.32 Å². The van der Waals surface area contributed by atoms with Gasteiger partial charge >= 0.3 is 0 Å². The highest BCUT2D eigenvalue weighted by Gasteiger charge is 2.35. The number of carbonyl (C=O) groups excluding carboxylic acids is 1. The van der Waals surface area contributed by atoms with E-state index in [1.165, 1.54) is 6.42 Å². The molecule has 1 aromatic rings. The maximum atomic E-state index is 12.3. The molecule has 1 amide bonds. The van der Waals surface area contributed by atoms with Crippen LogP contribution in [0.5, 0.6) is 0 Å². The van der Waals surface area contributed by atoms with E-state index in [1.54, 1.807) is 6.07 Å². The van der Waals surface area contributed by atoms with Crippen molar-refractivity contribution in [3.05, 3.63) is 28.8 Å². The fraction of sp³-hybridized carbons (Fsp3) is 0.500. The summed E-state index contributed by atoms with van der Waals surface area (Å²) in [4.78, 5) is 12.3. The minimum absolute atomic E-state index is 0. The zero-order chi connectivity index (χ0) is 13.2. The lowest BCUT2D eigenvalue weighted by molar-refractivity contribution is -0.122. The maximum absolute atomic E-state index is 12.3. The Hall–Kier alpha value is -0.770. The number of aryl methyl sites for hydroxylation is 1. The lowest BCUT2D eigenvalue weighted by atomic mass is 9.82. The molecule has 0 unspecified atom stereocenters. The summed E-state index contributed by atoms with van der Waals surface area (Å²) in [5.41, 5.74) is 7.22. The van der Waals surface area contributed by atoms with Crippen molar-refractivity contribution < 1.29 is 4.79 Å². The fourth-order valence-corrected chi connectivity index (χ4v) is 2.56. The number of hydrogen-bond donors (Lipinski definition) is 2. The number of halogens is 2. The Kier molecular flexibility index (Phi) is 5.65. The van der Waals surface area contributed by atoms with E-state index in [4.69, 9.17) is 17.3 Å². The average Bonchev–Trinajstić information content (AvgIpc) is 2.35. The highest BCUT2D eigenvalue weighted by atomic mass is 35.5. The Morgan fingerprint density at radius 1 is 1.32 bits per heavy atom. The summed E-state index contributed by atoms with van der Waals surface area (Å²) in [6, 6.07) is 5.47. The van der Waals surface area contributed by atoms with E-state index in [-0.39, 0.29) is 18.3 Å². The van der Waals surface area contributed by atoms with Gasteiger partial charge in [0, 0.05) is 10.7 Å². The predicted molar refractivity (Wildman–Crippen MR) is 82.1 cm³/mol. The van der Waals surface area contributed by atoms with E-state index >= 15 is 0 Å². The van der Waals surface area contributed by atoms with E-state index in [2.05, 4.69) is 5.32 Å². The van der Waals surface area contributed by atoms with Crippen LogP contribution in [0.2, 0.25) is 5.02 Å². The van der Waals surface area contributed by atoms with Gasteiger partial charge in [0.15, 0.2) is 0 Å². The van der Waals surface area contributed by atoms with Crippen LogP contribution in [0, 0.1) is 6.92 Å². The quantitative estimate of drug-likeness (QED) is 0.876. The van der Waals surface area contributed by atoms with Gasteiger partial charge in [-0.25, -0.2) is 0 Å². The van der Waals surface area contributed by atoms with E-state index < -0.39 is 5.54 Å². The van der Waals surface area contributed by atoms with Crippen molar-refractivity contribution in [1.82, 2.24) is 0 Å². The van der Waals surface area contributed by atoms with Crippen molar-refractivity contribution in [3.63, 3.8) is 0 Å². The molecule has 1 aliphatic rings. The van der Waals surface area contributed by atoms with Gasteiger partial charge in [-0.05, 0) is 37.5 Å². The third-order valence-corrected chi connectivity index (χ3v) is 3.88. The molecule has 3 nitrogen and oxygen atoms in total. The monoisotopic (exact) mass is 302 g/mol. The van der Waals surface area contributed by atoms with Crippen molar-refractivity contribution in [3.8, 4) is 0 Å². The maximum Gasteiger partial charge on any atom is 0.244 e. The molecule has 0 radical (unpaired) electrons. The smallest absolute Gasteiger partial charge is 0.244 e. The van der Waals surface area contributed by atoms with Crippen LogP contribution in [0.4, 0.5) is 5.69 Å². The van der Waals surface area contributed by atoms with Crippen LogP contribution in [0.15, 0.2) is 18.2 Å². The third kappa shape index (κ3) is 3.85. The van der Waals surface area contributed by atoms with Gasteiger partial charge in [-0.2, -0.15) is 0 Å². The number of anilines is 1. The van der Waals surface area contributed by atoms with Crippen LogP contribution in [0.3, 0.4) is 0 Å². The van der Waals surface area contributed by atoms with Gasteiger partial charge in [-0.3, -0.25) is 4.79 Å². The summed E-state index contributed by atoms with van der Waals surface area (Å²) in [5, 5.41) is 3.53. The number of nitrogens with one attached hydrogen (secondary N) is 1. The Balaban J connectivity index is 0.00000180. The van der Waals surface area contributed by atoms with Gasteiger partial charge in [-0.15, -0.1) is 12.4 Å². The first-order valence-corrected chi connectivity index (χ1v) is 6.75. The molecule has 1 aliphatic carbocycles. The molecule has 0 saturated heterocycles. The third-order valence-electron chi connectivity index (χ3n) is 3.65. The topological polar surface area (TPSA) is 55.1 Å². The normalized spacial score (nSPS) is 17.4. The molecule has 0 bridgehead atoms. The molecule has 0 atom stereocenters. The predicted octanol–water partition coefficient (Wildman–Crippen LogP) is 3.67. The van der Waals surface area contributed by atoms with Crippen LogP contribution in [0.25, 0.3) is 0 Å². The Morgan fingerprint density at radius 3 is 2.58 bits per heavy atom. The number of benzene rings is 1. The van der Waals surface area contributed by atoms with Gasteiger partial charge in [0.25, 0.3) is 0 Å². The van der Waals surface area contributed by atoms with Crippen LogP contribution >= 0.6 is 24.0 Å². The Labute approximate surface area is 125 Å².